The van der Waals surface area contributed by atoms with Gasteiger partial charge in [-0.3, -0.25) is 0 Å². The van der Waals surface area contributed by atoms with Crippen molar-refractivity contribution in [1.29, 1.82) is 0 Å². The van der Waals surface area contributed by atoms with Crippen LogP contribution in [0, 0.1) is 25.2 Å². The first-order valence-electron chi connectivity index (χ1n) is 6.88. The standard InChI is InChI=1S/C17H24O/c1-11-6-14-8-16(9-15(14)7-12(11)2)17(4,5)10-13(3)18/h6-7,16H,8-10H2,1-5H3. The number of benzene rings is 1. The van der Waals surface area contributed by atoms with Gasteiger partial charge in [0.25, 0.3) is 0 Å². The first-order chi connectivity index (χ1) is 8.29. The van der Waals surface area contributed by atoms with E-state index in [-0.39, 0.29) is 5.41 Å². The van der Waals surface area contributed by atoms with Crippen molar-refractivity contribution in [3.05, 3.63) is 34.4 Å². The molecule has 0 unspecified atom stereocenters. The molecule has 0 heterocycles. The van der Waals surface area contributed by atoms with Crippen molar-refractivity contribution < 1.29 is 4.79 Å². The Morgan fingerprint density at radius 3 is 2.00 bits per heavy atom. The second kappa shape index (κ2) is 4.53. The number of ketones is 1. The second-order valence-electron chi connectivity index (χ2n) is 6.68. The van der Waals surface area contributed by atoms with Gasteiger partial charge in [-0.2, -0.15) is 0 Å². The molecule has 0 atom stereocenters. The van der Waals surface area contributed by atoms with E-state index in [0.717, 1.165) is 12.8 Å². The van der Waals surface area contributed by atoms with Gasteiger partial charge in [-0.05, 0) is 67.2 Å². The van der Waals surface area contributed by atoms with Crippen molar-refractivity contribution in [2.75, 3.05) is 0 Å². The minimum Gasteiger partial charge on any atom is -0.300 e. The summed E-state index contributed by atoms with van der Waals surface area (Å²) < 4.78 is 0. The Kier molecular flexibility index (Phi) is 3.35. The van der Waals surface area contributed by atoms with E-state index >= 15 is 0 Å². The fourth-order valence-corrected chi connectivity index (χ4v) is 3.26. The molecule has 0 saturated carbocycles. The number of carbonyl (C=O) groups is 1. The number of Topliss-reactive ketones (excluding diaryl/α,β-unsaturated/α-hetero) is 1. The van der Waals surface area contributed by atoms with Crippen LogP contribution in [0.5, 0.6) is 0 Å². The van der Waals surface area contributed by atoms with Crippen LogP contribution in [0.3, 0.4) is 0 Å². The maximum absolute atomic E-state index is 11.4. The van der Waals surface area contributed by atoms with Gasteiger partial charge in [0, 0.05) is 6.42 Å². The minimum absolute atomic E-state index is 0.118. The lowest BCUT2D eigenvalue weighted by Crippen LogP contribution is -2.26. The predicted octanol–water partition coefficient (Wildman–Crippen LogP) is 4.02. The predicted molar refractivity (Wildman–Crippen MR) is 75.9 cm³/mol. The van der Waals surface area contributed by atoms with Crippen LogP contribution in [-0.4, -0.2) is 5.78 Å². The van der Waals surface area contributed by atoms with E-state index in [4.69, 9.17) is 0 Å². The van der Waals surface area contributed by atoms with Crippen LogP contribution in [-0.2, 0) is 17.6 Å². The van der Waals surface area contributed by atoms with Gasteiger partial charge in [-0.1, -0.05) is 26.0 Å². The summed E-state index contributed by atoms with van der Waals surface area (Å²) in [5.74, 6) is 0.918. The summed E-state index contributed by atoms with van der Waals surface area (Å²) in [6, 6.07) is 4.68. The quantitative estimate of drug-likeness (QED) is 0.784. The Morgan fingerprint density at radius 2 is 1.61 bits per heavy atom. The van der Waals surface area contributed by atoms with Gasteiger partial charge in [0.1, 0.15) is 5.78 Å². The molecule has 2 rings (SSSR count). The van der Waals surface area contributed by atoms with Crippen molar-refractivity contribution in [3.63, 3.8) is 0 Å². The highest BCUT2D eigenvalue weighted by molar-refractivity contribution is 5.76. The Morgan fingerprint density at radius 1 is 1.17 bits per heavy atom. The van der Waals surface area contributed by atoms with Crippen LogP contribution in [0.2, 0.25) is 0 Å². The Hall–Kier alpha value is -1.11. The average molecular weight is 244 g/mol. The van der Waals surface area contributed by atoms with Crippen LogP contribution in [0.4, 0.5) is 0 Å². The second-order valence-corrected chi connectivity index (χ2v) is 6.68. The van der Waals surface area contributed by atoms with Gasteiger partial charge in [0.15, 0.2) is 0 Å². The van der Waals surface area contributed by atoms with Crippen LogP contribution in [0.1, 0.15) is 49.4 Å². The third-order valence-electron chi connectivity index (χ3n) is 4.56. The summed E-state index contributed by atoms with van der Waals surface area (Å²) in [5.41, 5.74) is 5.89. The molecule has 1 aliphatic rings. The lowest BCUT2D eigenvalue weighted by Gasteiger charge is -2.30. The van der Waals surface area contributed by atoms with Crippen molar-refractivity contribution in [1.82, 2.24) is 0 Å². The van der Waals surface area contributed by atoms with Gasteiger partial charge in [0.2, 0.25) is 0 Å². The van der Waals surface area contributed by atoms with E-state index in [0.29, 0.717) is 18.1 Å². The number of rotatable bonds is 3. The lowest BCUT2D eigenvalue weighted by atomic mass is 9.74. The largest absolute Gasteiger partial charge is 0.300 e. The van der Waals surface area contributed by atoms with E-state index < -0.39 is 0 Å². The molecule has 0 spiro atoms. The number of carbonyl (C=O) groups excluding carboxylic acids is 1. The molecule has 1 aliphatic carbocycles. The Balaban J connectivity index is 2.21. The molecule has 1 aromatic carbocycles. The van der Waals surface area contributed by atoms with E-state index in [1.807, 2.05) is 0 Å². The molecule has 98 valence electrons. The zero-order chi connectivity index (χ0) is 13.5. The zero-order valence-corrected chi connectivity index (χ0v) is 12.3. The molecule has 0 aromatic heterocycles. The van der Waals surface area contributed by atoms with Crippen molar-refractivity contribution >= 4 is 5.78 Å². The summed E-state index contributed by atoms with van der Waals surface area (Å²) in [6.07, 6.45) is 2.97. The summed E-state index contributed by atoms with van der Waals surface area (Å²) in [5, 5.41) is 0. The average Bonchev–Trinajstić information content (AvgIpc) is 2.60. The molecule has 1 nitrogen and oxygen atoms in total. The summed E-state index contributed by atoms with van der Waals surface area (Å²) in [6.45, 7) is 10.6. The third kappa shape index (κ3) is 2.50. The zero-order valence-electron chi connectivity index (χ0n) is 12.3. The van der Waals surface area contributed by atoms with Crippen molar-refractivity contribution in [2.24, 2.45) is 11.3 Å². The van der Waals surface area contributed by atoms with Gasteiger partial charge in [-0.15, -0.1) is 0 Å². The molecule has 0 bridgehead atoms. The topological polar surface area (TPSA) is 17.1 Å². The van der Waals surface area contributed by atoms with Gasteiger partial charge in [-0.25, -0.2) is 0 Å². The molecule has 0 saturated heterocycles. The number of hydrogen-bond donors (Lipinski definition) is 0. The first-order valence-corrected chi connectivity index (χ1v) is 6.88. The van der Waals surface area contributed by atoms with E-state index in [1.54, 1.807) is 6.92 Å². The highest BCUT2D eigenvalue weighted by Gasteiger charge is 2.35. The Bertz CT molecular complexity index is 452. The highest BCUT2D eigenvalue weighted by atomic mass is 16.1. The monoisotopic (exact) mass is 244 g/mol. The lowest BCUT2D eigenvalue weighted by molar-refractivity contribution is -0.119. The number of aryl methyl sites for hydroxylation is 2. The maximum atomic E-state index is 11.4. The van der Waals surface area contributed by atoms with E-state index in [9.17, 15) is 4.79 Å². The molecule has 0 aliphatic heterocycles. The van der Waals surface area contributed by atoms with E-state index in [1.165, 1.54) is 22.3 Å². The molecular formula is C17H24O. The Labute approximate surface area is 111 Å². The summed E-state index contributed by atoms with van der Waals surface area (Å²) in [7, 11) is 0. The molecule has 0 amide bonds. The van der Waals surface area contributed by atoms with Crippen LogP contribution in [0.15, 0.2) is 12.1 Å². The third-order valence-corrected chi connectivity index (χ3v) is 4.56. The van der Waals surface area contributed by atoms with Gasteiger partial charge >= 0.3 is 0 Å². The minimum atomic E-state index is 0.118. The molecule has 1 aromatic rings. The van der Waals surface area contributed by atoms with Gasteiger partial charge in [0.05, 0.1) is 0 Å². The molecule has 0 N–H and O–H groups in total. The van der Waals surface area contributed by atoms with Crippen molar-refractivity contribution in [2.45, 2.75) is 53.9 Å². The van der Waals surface area contributed by atoms with Crippen LogP contribution in [0.25, 0.3) is 0 Å². The number of fused-ring (bicyclic) bond motifs is 1. The molecule has 0 radical (unpaired) electrons. The highest BCUT2D eigenvalue weighted by Crippen LogP contribution is 2.41. The summed E-state index contributed by atoms with van der Waals surface area (Å²) >= 11 is 0. The first kappa shape index (κ1) is 13.3. The van der Waals surface area contributed by atoms with Crippen LogP contribution >= 0.6 is 0 Å². The SMILES string of the molecule is CC(=O)CC(C)(C)C1Cc2cc(C)c(C)cc2C1. The fraction of sp³-hybridized carbons (Fsp3) is 0.588. The molecular weight excluding hydrogens is 220 g/mol. The van der Waals surface area contributed by atoms with E-state index in [2.05, 4.69) is 39.8 Å². The number of hydrogen-bond acceptors (Lipinski definition) is 1. The molecule has 0 fully saturated rings. The van der Waals surface area contributed by atoms with Gasteiger partial charge < -0.3 is 4.79 Å². The van der Waals surface area contributed by atoms with Crippen LogP contribution < -0.4 is 0 Å². The maximum Gasteiger partial charge on any atom is 0.130 e. The molecule has 1 heteroatoms. The summed E-state index contributed by atoms with van der Waals surface area (Å²) in [4.78, 5) is 11.4. The van der Waals surface area contributed by atoms with Crippen molar-refractivity contribution in [3.8, 4) is 0 Å². The fourth-order valence-electron chi connectivity index (χ4n) is 3.26. The normalized spacial score (nSPS) is 15.8. The molecule has 18 heavy (non-hydrogen) atoms. The smallest absolute Gasteiger partial charge is 0.130 e.